The summed E-state index contributed by atoms with van der Waals surface area (Å²) >= 11 is 0. The molecule has 4 nitrogen and oxygen atoms in total. The third kappa shape index (κ3) is 26.9. The maximum Gasteiger partial charge on any atom is 1.00 e. The summed E-state index contributed by atoms with van der Waals surface area (Å²) in [6.45, 7) is 2.02. The number of rotatable bonds is 5. The predicted octanol–water partition coefficient (Wildman–Crippen LogP) is -11.3. The Balaban J connectivity index is -0.000000135. The van der Waals surface area contributed by atoms with Gasteiger partial charge in [-0.15, -0.1) is 9.05 Å². The minimum atomic E-state index is -4.96. The molecule has 8 heteroatoms. The zero-order valence-electron chi connectivity index (χ0n) is 8.96. The average molecular weight is 420 g/mol. The van der Waals surface area contributed by atoms with Crippen molar-refractivity contribution in [1.82, 2.24) is 0 Å². The van der Waals surface area contributed by atoms with E-state index in [1.165, 1.54) is 0 Å². The van der Waals surface area contributed by atoms with E-state index in [9.17, 15) is 14.4 Å². The van der Waals surface area contributed by atoms with Gasteiger partial charge in [0.15, 0.2) is 0 Å². The summed E-state index contributed by atoms with van der Waals surface area (Å²) in [5.74, 6) is 0. The van der Waals surface area contributed by atoms with Gasteiger partial charge in [-0.05, 0) is 6.42 Å². The molecule has 0 unspecified atom stereocenters. The Hall–Kier alpha value is 5.47. The van der Waals surface area contributed by atoms with Crippen molar-refractivity contribution in [2.45, 2.75) is 26.2 Å². The molecule has 0 aliphatic carbocycles. The molecule has 0 aromatic carbocycles. The molecule has 0 N–H and O–H groups in total. The molecule has 0 aromatic rings. The van der Waals surface area contributed by atoms with E-state index >= 15 is 0 Å². The molecule has 0 rings (SSSR count). The fourth-order valence-corrected chi connectivity index (χ4v) is 0.944. The summed E-state index contributed by atoms with van der Waals surface area (Å²) < 4.78 is 4.00. The van der Waals surface area contributed by atoms with Gasteiger partial charge in [-0.3, -0.25) is 0 Å². The standard InChI is InChI=1S/C5H11O4Si.3Rb/c1-2-3-4-5-9-10(6,7)8;;;/h2-5H2,1H3;;;/q-3;3*+1. The van der Waals surface area contributed by atoms with Gasteiger partial charge in [0.05, 0.1) is 0 Å². The maximum atomic E-state index is 9.87. The SMILES string of the molecule is CCCCCO[Si]([O-])([O-])[O-].[Rb+].[Rb+].[Rb+]. The normalized spacial score (nSPS) is 9.23. The predicted molar refractivity (Wildman–Crippen MR) is 31.2 cm³/mol. The first-order chi connectivity index (χ1) is 4.56. The van der Waals surface area contributed by atoms with E-state index in [-0.39, 0.29) is 181 Å². The van der Waals surface area contributed by atoms with Gasteiger partial charge in [-0.2, -0.15) is 0 Å². The van der Waals surface area contributed by atoms with Crippen LogP contribution in [0.1, 0.15) is 26.2 Å². The van der Waals surface area contributed by atoms with Crippen molar-refractivity contribution in [3.63, 3.8) is 0 Å². The van der Waals surface area contributed by atoms with Gasteiger partial charge >= 0.3 is 175 Å². The number of unbranched alkanes of at least 4 members (excludes halogenated alkanes) is 2. The van der Waals surface area contributed by atoms with Crippen LogP contribution in [-0.2, 0) is 4.43 Å². The van der Waals surface area contributed by atoms with E-state index in [0.29, 0.717) is 6.42 Å². The molecule has 0 aromatic heterocycles. The molecule has 0 aliphatic rings. The van der Waals surface area contributed by atoms with Crippen molar-refractivity contribution in [3.8, 4) is 0 Å². The summed E-state index contributed by atoms with van der Waals surface area (Å²) in [4.78, 5) is 29.6. The number of hydrogen-bond donors (Lipinski definition) is 0. The number of hydrogen-bond acceptors (Lipinski definition) is 4. The Morgan fingerprint density at radius 3 is 1.77 bits per heavy atom. The molecule has 0 aliphatic heterocycles. The van der Waals surface area contributed by atoms with Crippen molar-refractivity contribution in [2.75, 3.05) is 6.61 Å². The first-order valence-electron chi connectivity index (χ1n) is 3.31. The van der Waals surface area contributed by atoms with Crippen LogP contribution >= 0.6 is 0 Å². The van der Waals surface area contributed by atoms with Crippen molar-refractivity contribution in [1.29, 1.82) is 0 Å². The van der Waals surface area contributed by atoms with Crippen molar-refractivity contribution >= 4 is 9.05 Å². The van der Waals surface area contributed by atoms with E-state index in [2.05, 4.69) is 4.43 Å². The quantitative estimate of drug-likeness (QED) is 0.328. The Bertz CT molecular complexity index is 90.3. The fraction of sp³-hybridized carbons (Fsp3) is 1.00. The minimum Gasteiger partial charge on any atom is -0.861 e. The van der Waals surface area contributed by atoms with E-state index in [1.807, 2.05) is 6.92 Å². The Kier molecular flexibility index (Phi) is 36.2. The molecule has 0 saturated carbocycles. The van der Waals surface area contributed by atoms with Crippen LogP contribution < -0.4 is 189 Å². The molecule has 0 fully saturated rings. The van der Waals surface area contributed by atoms with Gasteiger partial charge in [-0.1, -0.05) is 19.8 Å². The molecular weight excluding hydrogens is 409 g/mol. The van der Waals surface area contributed by atoms with E-state index in [4.69, 9.17) is 0 Å². The Morgan fingerprint density at radius 1 is 1.00 bits per heavy atom. The molecule has 0 spiro atoms. The molecule has 0 heterocycles. The van der Waals surface area contributed by atoms with Crippen LogP contribution in [0.15, 0.2) is 0 Å². The molecule has 0 atom stereocenters. The Labute approximate surface area is 227 Å². The minimum absolute atomic E-state index is 0. The third-order valence-electron chi connectivity index (χ3n) is 1.03. The van der Waals surface area contributed by atoms with Gasteiger partial charge in [0.2, 0.25) is 0 Å². The summed E-state index contributed by atoms with van der Waals surface area (Å²) in [5.41, 5.74) is 0. The monoisotopic (exact) mass is 418 g/mol. The molecule has 0 amide bonds. The van der Waals surface area contributed by atoms with Gasteiger partial charge in [0.25, 0.3) is 0 Å². The summed E-state index contributed by atoms with van der Waals surface area (Å²) in [6.07, 6.45) is 2.51. The van der Waals surface area contributed by atoms with Gasteiger partial charge in [0.1, 0.15) is 0 Å². The first kappa shape index (κ1) is 26.9. The van der Waals surface area contributed by atoms with Crippen LogP contribution in [0.5, 0.6) is 0 Å². The van der Waals surface area contributed by atoms with E-state index < -0.39 is 9.05 Å². The van der Waals surface area contributed by atoms with Crippen LogP contribution in [0.25, 0.3) is 0 Å². The summed E-state index contributed by atoms with van der Waals surface area (Å²) in [5, 5.41) is 0. The van der Waals surface area contributed by atoms with Crippen molar-refractivity contribution in [2.24, 2.45) is 0 Å². The van der Waals surface area contributed by atoms with Gasteiger partial charge < -0.3 is 18.8 Å². The second kappa shape index (κ2) is 17.5. The molecule has 62 valence electrons. The van der Waals surface area contributed by atoms with Crippen molar-refractivity contribution in [3.05, 3.63) is 0 Å². The summed E-state index contributed by atoms with van der Waals surface area (Å²) in [7, 11) is -4.96. The maximum absolute atomic E-state index is 9.87. The third-order valence-corrected chi connectivity index (χ3v) is 1.58. The van der Waals surface area contributed by atoms with E-state index in [0.717, 1.165) is 12.8 Å². The molecule has 13 heavy (non-hydrogen) atoms. The van der Waals surface area contributed by atoms with Crippen molar-refractivity contribution < 1.29 is 193 Å². The Morgan fingerprint density at radius 2 is 1.46 bits per heavy atom. The van der Waals surface area contributed by atoms with Crippen LogP contribution in [0.2, 0.25) is 0 Å². The zero-order valence-corrected chi connectivity index (χ0v) is 24.7. The second-order valence-corrected chi connectivity index (χ2v) is 3.34. The van der Waals surface area contributed by atoms with E-state index in [1.54, 1.807) is 0 Å². The fourth-order valence-electron chi connectivity index (χ4n) is 0.549. The van der Waals surface area contributed by atoms with Gasteiger partial charge in [-0.25, -0.2) is 0 Å². The van der Waals surface area contributed by atoms with Gasteiger partial charge in [0, 0.05) is 6.61 Å². The van der Waals surface area contributed by atoms with Crippen LogP contribution in [0, 0.1) is 0 Å². The summed E-state index contributed by atoms with van der Waals surface area (Å²) in [6, 6.07) is 0. The first-order valence-corrected chi connectivity index (χ1v) is 4.95. The molecule has 0 saturated heterocycles. The largest absolute Gasteiger partial charge is 1.00 e. The molecule has 0 bridgehead atoms. The van der Waals surface area contributed by atoms with Crippen LogP contribution in [0.3, 0.4) is 0 Å². The zero-order chi connectivity index (χ0) is 8.04. The topological polar surface area (TPSA) is 78.4 Å². The van der Waals surface area contributed by atoms with Crippen LogP contribution in [0.4, 0.5) is 0 Å². The smallest absolute Gasteiger partial charge is 0.861 e. The molecule has 0 radical (unpaired) electrons. The average Bonchev–Trinajstić information content (AvgIpc) is 1.78. The molecular formula is C5H11O4Rb3Si. The van der Waals surface area contributed by atoms with Crippen LogP contribution in [-0.4, -0.2) is 15.7 Å². The second-order valence-electron chi connectivity index (χ2n) is 2.06.